The molecule has 0 saturated carbocycles. The molecule has 3 aromatic carbocycles. The van der Waals surface area contributed by atoms with E-state index in [4.69, 9.17) is 4.74 Å². The number of nitrogens with zero attached hydrogens (tertiary/aromatic N) is 2. The zero-order chi connectivity index (χ0) is 23.4. The van der Waals surface area contributed by atoms with E-state index in [9.17, 15) is 14.4 Å². The molecular weight excluding hydrogens is 418 g/mol. The highest BCUT2D eigenvalue weighted by Gasteiger charge is 2.17. The monoisotopic (exact) mass is 441 g/mol. The van der Waals surface area contributed by atoms with Gasteiger partial charge in [-0.25, -0.2) is 9.78 Å². The average molecular weight is 441 g/mol. The van der Waals surface area contributed by atoms with E-state index < -0.39 is 5.97 Å². The molecule has 1 aromatic heterocycles. The Morgan fingerprint density at radius 1 is 0.970 bits per heavy atom. The molecule has 0 radical (unpaired) electrons. The number of ether oxygens (including phenoxy) is 1. The van der Waals surface area contributed by atoms with Gasteiger partial charge < -0.3 is 14.6 Å². The molecule has 0 bridgehead atoms. The predicted molar refractivity (Wildman–Crippen MR) is 127 cm³/mol. The maximum Gasteiger partial charge on any atom is 0.337 e. The number of methoxy groups -OCH3 is 1. The van der Waals surface area contributed by atoms with Gasteiger partial charge in [0.15, 0.2) is 0 Å². The van der Waals surface area contributed by atoms with Gasteiger partial charge in [0.05, 0.1) is 35.9 Å². The van der Waals surface area contributed by atoms with E-state index >= 15 is 0 Å². The minimum Gasteiger partial charge on any atom is -0.465 e. The fraction of sp³-hybridized carbons (Fsp3) is 0.154. The number of anilines is 1. The summed E-state index contributed by atoms with van der Waals surface area (Å²) in [5.41, 5.74) is 3.72. The highest BCUT2D eigenvalue weighted by molar-refractivity contribution is 5.95. The van der Waals surface area contributed by atoms with Crippen molar-refractivity contribution in [2.45, 2.75) is 19.9 Å². The molecule has 0 aliphatic carbocycles. The van der Waals surface area contributed by atoms with Crippen LogP contribution in [0, 0.1) is 0 Å². The molecule has 0 saturated heterocycles. The molecule has 4 aromatic rings. The van der Waals surface area contributed by atoms with E-state index in [2.05, 4.69) is 10.3 Å². The van der Waals surface area contributed by atoms with Crippen LogP contribution in [0.1, 0.15) is 29.3 Å². The Balaban J connectivity index is 1.84. The summed E-state index contributed by atoms with van der Waals surface area (Å²) in [5, 5.41) is 2.85. The third-order valence-corrected chi connectivity index (χ3v) is 5.35. The third-order valence-electron chi connectivity index (χ3n) is 5.35. The van der Waals surface area contributed by atoms with Crippen LogP contribution >= 0.6 is 0 Å². The van der Waals surface area contributed by atoms with Crippen molar-refractivity contribution in [2.75, 3.05) is 12.4 Å². The summed E-state index contributed by atoms with van der Waals surface area (Å²) in [7, 11) is 1.33. The van der Waals surface area contributed by atoms with Gasteiger partial charge in [0.2, 0.25) is 5.91 Å². The van der Waals surface area contributed by atoms with E-state index in [0.717, 1.165) is 5.56 Å². The topological polar surface area (TPSA) is 90.3 Å². The van der Waals surface area contributed by atoms with Crippen molar-refractivity contribution < 1.29 is 14.3 Å². The summed E-state index contributed by atoms with van der Waals surface area (Å²) in [4.78, 5) is 42.0. The van der Waals surface area contributed by atoms with Crippen LogP contribution in [-0.2, 0) is 16.1 Å². The maximum atomic E-state index is 13.6. The fourth-order valence-electron chi connectivity index (χ4n) is 3.61. The number of aromatic nitrogens is 2. The number of rotatable bonds is 6. The Morgan fingerprint density at radius 2 is 1.67 bits per heavy atom. The van der Waals surface area contributed by atoms with Gasteiger partial charge in [0, 0.05) is 12.0 Å². The van der Waals surface area contributed by atoms with Crippen molar-refractivity contribution in [1.82, 2.24) is 9.55 Å². The lowest BCUT2D eigenvalue weighted by atomic mass is 10.1. The van der Waals surface area contributed by atoms with Crippen molar-refractivity contribution in [3.8, 4) is 11.3 Å². The van der Waals surface area contributed by atoms with Crippen molar-refractivity contribution >= 4 is 28.6 Å². The number of esters is 1. The van der Waals surface area contributed by atoms with Crippen molar-refractivity contribution in [2.24, 2.45) is 0 Å². The van der Waals surface area contributed by atoms with Gasteiger partial charge in [0.25, 0.3) is 5.56 Å². The lowest BCUT2D eigenvalue weighted by molar-refractivity contribution is -0.115. The van der Waals surface area contributed by atoms with Gasteiger partial charge in [0.1, 0.15) is 5.69 Å². The van der Waals surface area contributed by atoms with Crippen LogP contribution in [0.4, 0.5) is 5.69 Å². The van der Waals surface area contributed by atoms with Crippen LogP contribution in [-0.4, -0.2) is 28.5 Å². The van der Waals surface area contributed by atoms with Crippen LogP contribution in [0.2, 0.25) is 0 Å². The highest BCUT2D eigenvalue weighted by atomic mass is 16.5. The average Bonchev–Trinajstić information content (AvgIpc) is 2.86. The molecule has 1 N–H and O–H groups in total. The molecule has 0 fully saturated rings. The summed E-state index contributed by atoms with van der Waals surface area (Å²) in [6.07, 6.45) is 0.325. The second kappa shape index (κ2) is 9.48. The smallest absolute Gasteiger partial charge is 0.337 e. The number of nitrogens with one attached hydrogen (secondary N) is 1. The van der Waals surface area contributed by atoms with E-state index in [0.29, 0.717) is 40.8 Å². The molecule has 33 heavy (non-hydrogen) atoms. The lowest BCUT2D eigenvalue weighted by Crippen LogP contribution is -2.25. The maximum absolute atomic E-state index is 13.6. The van der Waals surface area contributed by atoms with Crippen LogP contribution in [0.5, 0.6) is 0 Å². The molecular formula is C26H23N3O4. The van der Waals surface area contributed by atoms with Crippen LogP contribution in [0.25, 0.3) is 22.3 Å². The van der Waals surface area contributed by atoms with Crippen molar-refractivity contribution in [3.05, 3.63) is 94.3 Å². The number of fused-ring (bicyclic) bond motifs is 1. The van der Waals surface area contributed by atoms with Gasteiger partial charge in [-0.1, -0.05) is 49.4 Å². The molecule has 0 spiro atoms. The van der Waals surface area contributed by atoms with Crippen LogP contribution in [0.15, 0.2) is 77.6 Å². The summed E-state index contributed by atoms with van der Waals surface area (Å²) in [5.74, 6) is -0.560. The Hall–Kier alpha value is -4.26. The summed E-state index contributed by atoms with van der Waals surface area (Å²) in [6, 6.07) is 21.5. The number of amides is 1. The molecule has 1 amide bonds. The molecule has 0 unspecified atom stereocenters. The van der Waals surface area contributed by atoms with Gasteiger partial charge in [-0.05, 0) is 35.9 Å². The minimum atomic E-state index is -0.416. The first-order valence-electron chi connectivity index (χ1n) is 10.6. The zero-order valence-electron chi connectivity index (χ0n) is 18.4. The first kappa shape index (κ1) is 22.0. The fourth-order valence-corrected chi connectivity index (χ4v) is 3.61. The standard InChI is InChI=1S/C26H23N3O4/c1-3-23(30)27-20-9-5-4-8-19(20)24-25(31)29(22-11-7-6-10-21(22)28-24)16-17-12-14-18(15-13-17)26(32)33-2/h4-15H,3,16H2,1-2H3,(H,27,30). The van der Waals surface area contributed by atoms with Gasteiger partial charge in [-0.3, -0.25) is 9.59 Å². The van der Waals surface area contributed by atoms with Crippen molar-refractivity contribution in [3.63, 3.8) is 0 Å². The van der Waals surface area contributed by atoms with Crippen LogP contribution in [0.3, 0.4) is 0 Å². The van der Waals surface area contributed by atoms with E-state index in [1.807, 2.05) is 30.3 Å². The van der Waals surface area contributed by atoms with E-state index in [1.165, 1.54) is 7.11 Å². The molecule has 7 heteroatoms. The van der Waals surface area contributed by atoms with E-state index in [-0.39, 0.29) is 17.2 Å². The summed E-state index contributed by atoms with van der Waals surface area (Å²) < 4.78 is 6.41. The number of para-hydroxylation sites is 3. The van der Waals surface area contributed by atoms with Crippen molar-refractivity contribution in [1.29, 1.82) is 0 Å². The number of carbonyl (C=O) groups is 2. The first-order valence-corrected chi connectivity index (χ1v) is 10.6. The number of hydrogen-bond acceptors (Lipinski definition) is 5. The van der Waals surface area contributed by atoms with E-state index in [1.54, 1.807) is 54.0 Å². The normalized spacial score (nSPS) is 10.7. The SMILES string of the molecule is CCC(=O)Nc1ccccc1-c1nc2ccccc2n(Cc2ccc(C(=O)OC)cc2)c1=O. The number of benzene rings is 3. The molecule has 0 aliphatic heterocycles. The van der Waals surface area contributed by atoms with Gasteiger partial charge in [-0.2, -0.15) is 0 Å². The second-order valence-corrected chi connectivity index (χ2v) is 7.48. The Bertz CT molecular complexity index is 1390. The molecule has 7 nitrogen and oxygen atoms in total. The highest BCUT2D eigenvalue weighted by Crippen LogP contribution is 2.26. The van der Waals surface area contributed by atoms with Crippen LogP contribution < -0.4 is 10.9 Å². The number of hydrogen-bond donors (Lipinski definition) is 1. The number of carbonyl (C=O) groups excluding carboxylic acids is 2. The minimum absolute atomic E-state index is 0.144. The second-order valence-electron chi connectivity index (χ2n) is 7.48. The Morgan fingerprint density at radius 3 is 2.39 bits per heavy atom. The molecule has 0 atom stereocenters. The lowest BCUT2D eigenvalue weighted by Gasteiger charge is -2.15. The quantitative estimate of drug-likeness (QED) is 0.452. The zero-order valence-corrected chi connectivity index (χ0v) is 18.4. The third kappa shape index (κ3) is 4.52. The summed E-state index contributed by atoms with van der Waals surface area (Å²) in [6.45, 7) is 2.06. The summed E-state index contributed by atoms with van der Waals surface area (Å²) >= 11 is 0. The van der Waals surface area contributed by atoms with Gasteiger partial charge >= 0.3 is 5.97 Å². The Kier molecular flexibility index (Phi) is 6.31. The molecule has 0 aliphatic rings. The predicted octanol–water partition coefficient (Wildman–Crippen LogP) is 4.25. The van der Waals surface area contributed by atoms with Gasteiger partial charge in [-0.15, -0.1) is 0 Å². The molecule has 4 rings (SSSR count). The molecule has 166 valence electrons. The largest absolute Gasteiger partial charge is 0.465 e. The Labute approximate surface area is 190 Å². The molecule has 1 heterocycles. The first-order chi connectivity index (χ1) is 16.0.